The van der Waals surface area contributed by atoms with Crippen LogP contribution in [0.5, 0.6) is 0 Å². The molecule has 1 aliphatic carbocycles. The van der Waals surface area contributed by atoms with Crippen molar-refractivity contribution in [2.75, 3.05) is 0 Å². The van der Waals surface area contributed by atoms with Crippen molar-refractivity contribution < 1.29 is 14.4 Å². The smallest absolute Gasteiger partial charge is 0.401 e. The molecular formula is C15H21BO3. The molecule has 3 nitrogen and oxygen atoms in total. The number of benzene rings is 1. The average molecular weight is 260 g/mol. The van der Waals surface area contributed by atoms with E-state index in [4.69, 9.17) is 9.31 Å². The van der Waals surface area contributed by atoms with Gasteiger partial charge in [-0.15, -0.1) is 0 Å². The van der Waals surface area contributed by atoms with Gasteiger partial charge < -0.3 is 14.4 Å². The van der Waals surface area contributed by atoms with Gasteiger partial charge in [0.2, 0.25) is 0 Å². The standard InChI is InChI=1S/C15H21BO3/c1-13(2)14(3,4)19-16(18-13)15(17)10-9-11-7-5-6-8-12(11)15/h5-8,17H,9-10H2,1-4H3. The van der Waals surface area contributed by atoms with E-state index in [2.05, 4.69) is 6.07 Å². The van der Waals surface area contributed by atoms with Crippen LogP contribution >= 0.6 is 0 Å². The third-order valence-electron chi connectivity index (χ3n) is 4.90. The first-order chi connectivity index (χ1) is 8.76. The van der Waals surface area contributed by atoms with Crippen molar-refractivity contribution in [2.45, 2.75) is 57.2 Å². The molecule has 1 heterocycles. The van der Waals surface area contributed by atoms with Crippen LogP contribution in [0.2, 0.25) is 0 Å². The van der Waals surface area contributed by atoms with Crippen molar-refractivity contribution in [2.24, 2.45) is 0 Å². The minimum atomic E-state index is -1.03. The van der Waals surface area contributed by atoms with Gasteiger partial charge in [-0.25, -0.2) is 0 Å². The van der Waals surface area contributed by atoms with Crippen molar-refractivity contribution in [1.29, 1.82) is 0 Å². The lowest BCUT2D eigenvalue weighted by molar-refractivity contribution is 0.00578. The van der Waals surface area contributed by atoms with E-state index in [-0.39, 0.29) is 0 Å². The Balaban J connectivity index is 1.97. The molecule has 19 heavy (non-hydrogen) atoms. The van der Waals surface area contributed by atoms with Gasteiger partial charge in [-0.1, -0.05) is 24.3 Å². The molecule has 0 aromatic heterocycles. The summed E-state index contributed by atoms with van der Waals surface area (Å²) in [5.41, 5.74) is 0.297. The summed E-state index contributed by atoms with van der Waals surface area (Å²) in [6.45, 7) is 8.04. The van der Waals surface area contributed by atoms with Crippen LogP contribution in [0.1, 0.15) is 45.2 Å². The molecular weight excluding hydrogens is 239 g/mol. The first-order valence-corrected chi connectivity index (χ1v) is 6.93. The highest BCUT2D eigenvalue weighted by Gasteiger charge is 2.61. The molecule has 2 aliphatic rings. The Morgan fingerprint density at radius 2 is 1.63 bits per heavy atom. The van der Waals surface area contributed by atoms with Crippen LogP contribution in [0.25, 0.3) is 0 Å². The molecule has 1 aromatic rings. The zero-order chi connectivity index (χ0) is 13.9. The van der Waals surface area contributed by atoms with E-state index in [1.807, 2.05) is 45.9 Å². The summed E-state index contributed by atoms with van der Waals surface area (Å²) in [5.74, 6) is 0. The summed E-state index contributed by atoms with van der Waals surface area (Å²) in [6, 6.07) is 8.01. The van der Waals surface area contributed by atoms with Crippen molar-refractivity contribution in [3.8, 4) is 0 Å². The molecule has 1 saturated heterocycles. The van der Waals surface area contributed by atoms with Crippen LogP contribution in [0.3, 0.4) is 0 Å². The van der Waals surface area contributed by atoms with Crippen LogP contribution in [0, 0.1) is 0 Å². The summed E-state index contributed by atoms with van der Waals surface area (Å²) < 4.78 is 12.1. The molecule has 1 atom stereocenters. The molecule has 0 amide bonds. The molecule has 0 bridgehead atoms. The molecule has 102 valence electrons. The fraction of sp³-hybridized carbons (Fsp3) is 0.600. The lowest BCUT2D eigenvalue weighted by Gasteiger charge is -2.32. The number of hydrogen-bond donors (Lipinski definition) is 1. The van der Waals surface area contributed by atoms with Gasteiger partial charge in [-0.3, -0.25) is 0 Å². The molecule has 1 aromatic carbocycles. The number of aryl methyl sites for hydroxylation is 1. The Bertz CT molecular complexity index is 496. The van der Waals surface area contributed by atoms with Gasteiger partial charge in [0.05, 0.1) is 11.2 Å². The van der Waals surface area contributed by atoms with Crippen molar-refractivity contribution in [3.63, 3.8) is 0 Å². The molecule has 3 rings (SSSR count). The predicted molar refractivity (Wildman–Crippen MR) is 74.7 cm³/mol. The highest BCUT2D eigenvalue weighted by molar-refractivity contribution is 6.49. The topological polar surface area (TPSA) is 38.7 Å². The Morgan fingerprint density at radius 1 is 1.05 bits per heavy atom. The Hall–Kier alpha value is -0.835. The quantitative estimate of drug-likeness (QED) is 0.788. The van der Waals surface area contributed by atoms with Crippen LogP contribution < -0.4 is 0 Å². The summed E-state index contributed by atoms with van der Waals surface area (Å²) in [6.07, 6.45) is 1.53. The number of fused-ring (bicyclic) bond motifs is 1. The van der Waals surface area contributed by atoms with Gasteiger partial charge in [0.1, 0.15) is 5.50 Å². The summed E-state index contributed by atoms with van der Waals surface area (Å²) >= 11 is 0. The zero-order valence-corrected chi connectivity index (χ0v) is 12.1. The fourth-order valence-corrected chi connectivity index (χ4v) is 2.90. The lowest BCUT2D eigenvalue weighted by Crippen LogP contribution is -2.44. The monoisotopic (exact) mass is 260 g/mol. The fourth-order valence-electron chi connectivity index (χ4n) is 2.90. The number of aliphatic hydroxyl groups is 1. The van der Waals surface area contributed by atoms with Crippen LogP contribution in [0.4, 0.5) is 0 Å². The lowest BCUT2D eigenvalue weighted by atomic mass is 9.64. The molecule has 1 N–H and O–H groups in total. The summed E-state index contributed by atoms with van der Waals surface area (Å²) in [5, 5.41) is 11.1. The minimum absolute atomic E-state index is 0.412. The predicted octanol–water partition coefficient (Wildman–Crippen LogP) is 2.45. The molecule has 1 aliphatic heterocycles. The first kappa shape index (κ1) is 13.2. The van der Waals surface area contributed by atoms with Gasteiger partial charge in [-0.05, 0) is 51.7 Å². The third-order valence-corrected chi connectivity index (χ3v) is 4.90. The molecule has 0 saturated carbocycles. The van der Waals surface area contributed by atoms with Crippen LogP contribution in [0.15, 0.2) is 24.3 Å². The summed E-state index contributed by atoms with van der Waals surface area (Å²) in [7, 11) is -0.596. The molecule has 0 radical (unpaired) electrons. The molecule has 1 unspecified atom stereocenters. The highest BCUT2D eigenvalue weighted by atomic mass is 16.7. The number of hydrogen-bond acceptors (Lipinski definition) is 3. The van der Waals surface area contributed by atoms with Gasteiger partial charge in [0, 0.05) is 0 Å². The maximum Gasteiger partial charge on any atom is 0.496 e. The van der Waals surface area contributed by atoms with E-state index in [0.717, 1.165) is 12.0 Å². The molecule has 1 fully saturated rings. The SMILES string of the molecule is CC1(C)OB(C2(O)CCc3ccccc32)OC1(C)C. The Kier molecular flexibility index (Phi) is 2.66. The van der Waals surface area contributed by atoms with E-state index in [9.17, 15) is 5.11 Å². The van der Waals surface area contributed by atoms with Crippen LogP contribution in [-0.4, -0.2) is 23.4 Å². The Labute approximate surface area is 115 Å². The maximum atomic E-state index is 11.1. The minimum Gasteiger partial charge on any atom is -0.401 e. The Morgan fingerprint density at radius 3 is 2.26 bits per heavy atom. The molecule has 0 spiro atoms. The largest absolute Gasteiger partial charge is 0.496 e. The normalized spacial score (nSPS) is 31.5. The summed E-state index contributed by atoms with van der Waals surface area (Å²) in [4.78, 5) is 0. The second-order valence-corrected chi connectivity index (χ2v) is 6.67. The van der Waals surface area contributed by atoms with E-state index in [1.165, 1.54) is 5.56 Å². The van der Waals surface area contributed by atoms with Gasteiger partial charge in [0.15, 0.2) is 0 Å². The second kappa shape index (κ2) is 3.84. The van der Waals surface area contributed by atoms with Gasteiger partial charge >= 0.3 is 7.12 Å². The van der Waals surface area contributed by atoms with Gasteiger partial charge in [0.25, 0.3) is 0 Å². The first-order valence-electron chi connectivity index (χ1n) is 6.93. The van der Waals surface area contributed by atoms with Crippen molar-refractivity contribution >= 4 is 7.12 Å². The van der Waals surface area contributed by atoms with E-state index >= 15 is 0 Å². The zero-order valence-electron chi connectivity index (χ0n) is 12.1. The average Bonchev–Trinajstić information content (AvgIpc) is 2.78. The van der Waals surface area contributed by atoms with E-state index < -0.39 is 23.8 Å². The van der Waals surface area contributed by atoms with Crippen LogP contribution in [-0.2, 0) is 21.2 Å². The van der Waals surface area contributed by atoms with E-state index in [1.54, 1.807) is 0 Å². The van der Waals surface area contributed by atoms with Crippen molar-refractivity contribution in [3.05, 3.63) is 35.4 Å². The molecule has 4 heteroatoms. The maximum absolute atomic E-state index is 11.1. The third kappa shape index (κ3) is 1.77. The van der Waals surface area contributed by atoms with Gasteiger partial charge in [-0.2, -0.15) is 0 Å². The number of rotatable bonds is 1. The van der Waals surface area contributed by atoms with E-state index in [0.29, 0.717) is 6.42 Å². The second-order valence-electron chi connectivity index (χ2n) is 6.67. The highest BCUT2D eigenvalue weighted by Crippen LogP contribution is 2.47. The van der Waals surface area contributed by atoms with Crippen molar-refractivity contribution in [1.82, 2.24) is 0 Å².